The summed E-state index contributed by atoms with van der Waals surface area (Å²) in [7, 11) is 1.61. The van der Waals surface area contributed by atoms with Crippen LogP contribution in [0.1, 0.15) is 24.9 Å². The fourth-order valence-corrected chi connectivity index (χ4v) is 1.32. The lowest BCUT2D eigenvalue weighted by atomic mass is 10.0. The summed E-state index contributed by atoms with van der Waals surface area (Å²) in [6.45, 7) is 2.04. The molecule has 0 heterocycles. The van der Waals surface area contributed by atoms with Crippen molar-refractivity contribution in [2.24, 2.45) is 5.73 Å². The van der Waals surface area contributed by atoms with Crippen molar-refractivity contribution in [1.82, 2.24) is 0 Å². The van der Waals surface area contributed by atoms with Gasteiger partial charge in [0.1, 0.15) is 5.75 Å². The van der Waals surface area contributed by atoms with Crippen molar-refractivity contribution < 1.29 is 4.74 Å². The highest BCUT2D eigenvalue weighted by atomic mass is 16.5. The molecule has 0 radical (unpaired) electrons. The molecule has 0 aliphatic carbocycles. The third-order valence-electron chi connectivity index (χ3n) is 2.12. The number of benzene rings is 1. The van der Waals surface area contributed by atoms with E-state index in [-0.39, 0.29) is 6.04 Å². The molecule has 0 amide bonds. The Morgan fingerprint density at radius 2 is 2.15 bits per heavy atom. The van der Waals surface area contributed by atoms with Crippen molar-refractivity contribution in [2.45, 2.75) is 19.4 Å². The third kappa shape index (κ3) is 1.92. The maximum atomic E-state index is 5.90. The molecule has 4 N–H and O–H groups in total. The number of nitrogens with two attached hydrogens (primary N) is 2. The molecule has 3 heteroatoms. The first-order chi connectivity index (χ1) is 6.20. The smallest absolute Gasteiger partial charge is 0.146 e. The zero-order chi connectivity index (χ0) is 9.84. The van der Waals surface area contributed by atoms with Crippen LogP contribution in [0.3, 0.4) is 0 Å². The molecule has 72 valence electrons. The van der Waals surface area contributed by atoms with E-state index in [1.165, 1.54) is 0 Å². The fourth-order valence-electron chi connectivity index (χ4n) is 1.32. The lowest BCUT2D eigenvalue weighted by Gasteiger charge is -2.15. The molecule has 1 atom stereocenters. The molecular formula is C10H16N2O. The van der Waals surface area contributed by atoms with Crippen molar-refractivity contribution in [2.75, 3.05) is 12.8 Å². The van der Waals surface area contributed by atoms with Crippen LogP contribution in [0.4, 0.5) is 5.69 Å². The van der Waals surface area contributed by atoms with E-state index in [1.54, 1.807) is 7.11 Å². The van der Waals surface area contributed by atoms with Gasteiger partial charge in [0.15, 0.2) is 0 Å². The summed E-state index contributed by atoms with van der Waals surface area (Å²) in [4.78, 5) is 0. The first-order valence-electron chi connectivity index (χ1n) is 4.38. The number of rotatable bonds is 3. The zero-order valence-electron chi connectivity index (χ0n) is 8.08. The predicted octanol–water partition coefficient (Wildman–Crippen LogP) is 1.69. The zero-order valence-corrected chi connectivity index (χ0v) is 8.08. The van der Waals surface area contributed by atoms with Crippen LogP contribution in [-0.4, -0.2) is 7.11 Å². The highest BCUT2D eigenvalue weighted by Crippen LogP contribution is 2.30. The Balaban J connectivity index is 3.12. The van der Waals surface area contributed by atoms with Crippen LogP contribution in [0.5, 0.6) is 5.75 Å². The maximum absolute atomic E-state index is 5.90. The summed E-state index contributed by atoms with van der Waals surface area (Å²) in [6, 6.07) is 5.65. The Kier molecular flexibility index (Phi) is 3.14. The molecule has 3 nitrogen and oxygen atoms in total. The monoisotopic (exact) mass is 180 g/mol. The SMILES string of the molecule is CCC(N)c1cccc(N)c1OC. The topological polar surface area (TPSA) is 61.3 Å². The summed E-state index contributed by atoms with van der Waals surface area (Å²) >= 11 is 0. The predicted molar refractivity (Wildman–Crippen MR) is 54.6 cm³/mol. The van der Waals surface area contributed by atoms with Crippen LogP contribution < -0.4 is 16.2 Å². The molecule has 0 bridgehead atoms. The van der Waals surface area contributed by atoms with Gasteiger partial charge in [-0.1, -0.05) is 19.1 Å². The average Bonchev–Trinajstić information content (AvgIpc) is 2.16. The fraction of sp³-hybridized carbons (Fsp3) is 0.400. The summed E-state index contributed by atoms with van der Waals surface area (Å²) in [5, 5.41) is 0. The summed E-state index contributed by atoms with van der Waals surface area (Å²) < 4.78 is 5.19. The van der Waals surface area contributed by atoms with Crippen molar-refractivity contribution in [3.8, 4) is 5.75 Å². The minimum absolute atomic E-state index is 0.00144. The van der Waals surface area contributed by atoms with Crippen molar-refractivity contribution in [3.05, 3.63) is 23.8 Å². The van der Waals surface area contributed by atoms with E-state index in [1.807, 2.05) is 25.1 Å². The largest absolute Gasteiger partial charge is 0.494 e. The van der Waals surface area contributed by atoms with E-state index < -0.39 is 0 Å². The summed E-state index contributed by atoms with van der Waals surface area (Å²) in [5.74, 6) is 0.705. The molecule has 1 aromatic rings. The van der Waals surface area contributed by atoms with Gasteiger partial charge in [-0.3, -0.25) is 0 Å². The van der Waals surface area contributed by atoms with Crippen LogP contribution in [0.2, 0.25) is 0 Å². The van der Waals surface area contributed by atoms with E-state index in [0.29, 0.717) is 11.4 Å². The number of nitrogen functional groups attached to an aromatic ring is 1. The third-order valence-corrected chi connectivity index (χ3v) is 2.12. The Morgan fingerprint density at radius 3 is 2.69 bits per heavy atom. The number of hydrogen-bond donors (Lipinski definition) is 2. The molecule has 1 unspecified atom stereocenters. The molecule has 1 aromatic carbocycles. The number of methoxy groups -OCH3 is 1. The van der Waals surface area contributed by atoms with E-state index in [2.05, 4.69) is 0 Å². The molecule has 0 aliphatic heterocycles. The molecule has 0 saturated heterocycles. The van der Waals surface area contributed by atoms with Crippen LogP contribution in [0.15, 0.2) is 18.2 Å². The quantitative estimate of drug-likeness (QED) is 0.696. The van der Waals surface area contributed by atoms with Gasteiger partial charge in [0.05, 0.1) is 12.8 Å². The summed E-state index contributed by atoms with van der Waals surface area (Å²) in [6.07, 6.45) is 0.875. The lowest BCUT2D eigenvalue weighted by Crippen LogP contribution is -2.11. The van der Waals surface area contributed by atoms with Gasteiger partial charge in [0, 0.05) is 11.6 Å². The molecule has 0 fully saturated rings. The van der Waals surface area contributed by atoms with E-state index in [9.17, 15) is 0 Å². The molecule has 13 heavy (non-hydrogen) atoms. The summed E-state index contributed by atoms with van der Waals surface area (Å²) in [5.41, 5.74) is 13.3. The standard InChI is InChI=1S/C10H16N2O/c1-3-8(11)7-5-4-6-9(12)10(7)13-2/h4-6,8H,3,11-12H2,1-2H3. The van der Waals surface area contributed by atoms with Gasteiger partial charge in [-0.2, -0.15) is 0 Å². The van der Waals surface area contributed by atoms with Gasteiger partial charge in [-0.15, -0.1) is 0 Å². The normalized spacial score (nSPS) is 12.5. The highest BCUT2D eigenvalue weighted by Gasteiger charge is 2.11. The molecule has 0 aromatic heterocycles. The van der Waals surface area contributed by atoms with Gasteiger partial charge in [-0.05, 0) is 12.5 Å². The van der Waals surface area contributed by atoms with Crippen molar-refractivity contribution in [3.63, 3.8) is 0 Å². The Bertz CT molecular complexity index is 286. The van der Waals surface area contributed by atoms with E-state index >= 15 is 0 Å². The first-order valence-corrected chi connectivity index (χ1v) is 4.38. The molecule has 0 saturated carbocycles. The van der Waals surface area contributed by atoms with Crippen molar-refractivity contribution >= 4 is 5.69 Å². The van der Waals surface area contributed by atoms with Gasteiger partial charge in [0.25, 0.3) is 0 Å². The number of ether oxygens (including phenoxy) is 1. The van der Waals surface area contributed by atoms with Gasteiger partial charge >= 0.3 is 0 Å². The van der Waals surface area contributed by atoms with Crippen LogP contribution >= 0.6 is 0 Å². The number of hydrogen-bond acceptors (Lipinski definition) is 3. The second-order valence-electron chi connectivity index (χ2n) is 2.98. The Hall–Kier alpha value is -1.22. The second kappa shape index (κ2) is 4.14. The van der Waals surface area contributed by atoms with Crippen LogP contribution in [0.25, 0.3) is 0 Å². The molecule has 0 spiro atoms. The second-order valence-corrected chi connectivity index (χ2v) is 2.98. The van der Waals surface area contributed by atoms with Crippen molar-refractivity contribution in [1.29, 1.82) is 0 Å². The Morgan fingerprint density at radius 1 is 1.46 bits per heavy atom. The van der Waals surface area contributed by atoms with Gasteiger partial charge in [-0.25, -0.2) is 0 Å². The highest BCUT2D eigenvalue weighted by molar-refractivity contribution is 5.57. The van der Waals surface area contributed by atoms with Gasteiger partial charge < -0.3 is 16.2 Å². The van der Waals surface area contributed by atoms with E-state index in [0.717, 1.165) is 12.0 Å². The van der Waals surface area contributed by atoms with Crippen LogP contribution in [-0.2, 0) is 0 Å². The minimum atomic E-state index is -0.00144. The first kappa shape index (κ1) is 9.86. The number of para-hydroxylation sites is 1. The van der Waals surface area contributed by atoms with Gasteiger partial charge in [0.2, 0.25) is 0 Å². The van der Waals surface area contributed by atoms with Crippen LogP contribution in [0, 0.1) is 0 Å². The molecular weight excluding hydrogens is 164 g/mol. The molecule has 1 rings (SSSR count). The maximum Gasteiger partial charge on any atom is 0.146 e. The average molecular weight is 180 g/mol. The van der Waals surface area contributed by atoms with E-state index in [4.69, 9.17) is 16.2 Å². The lowest BCUT2D eigenvalue weighted by molar-refractivity contribution is 0.407. The number of anilines is 1. The Labute approximate surface area is 78.7 Å². The minimum Gasteiger partial charge on any atom is -0.494 e. The molecule has 0 aliphatic rings.